The van der Waals surface area contributed by atoms with Gasteiger partial charge < -0.3 is 9.42 Å². The van der Waals surface area contributed by atoms with E-state index in [0.717, 1.165) is 50.0 Å². The molecule has 4 nitrogen and oxygen atoms in total. The van der Waals surface area contributed by atoms with E-state index in [1.807, 2.05) is 0 Å². The van der Waals surface area contributed by atoms with Crippen molar-refractivity contribution in [3.8, 4) is 11.4 Å². The lowest BCUT2D eigenvalue weighted by molar-refractivity contribution is -0.137. The number of aromatic nitrogens is 2. The summed E-state index contributed by atoms with van der Waals surface area (Å²) in [5, 5.41) is 3.83. The Kier molecular flexibility index (Phi) is 5.65. The van der Waals surface area contributed by atoms with Crippen molar-refractivity contribution in [2.45, 2.75) is 39.3 Å². The topological polar surface area (TPSA) is 42.2 Å². The summed E-state index contributed by atoms with van der Waals surface area (Å²) in [4.78, 5) is 6.71. The van der Waals surface area contributed by atoms with Gasteiger partial charge in [0.1, 0.15) is 0 Å². The summed E-state index contributed by atoms with van der Waals surface area (Å²) < 4.78 is 43.7. The number of likely N-dealkylation sites (tertiary alicyclic amines) is 1. The fraction of sp³-hybridized carbons (Fsp3) is 0.579. The monoisotopic (exact) mass is 367 g/mol. The fourth-order valence-electron chi connectivity index (χ4n) is 3.74. The maximum Gasteiger partial charge on any atom is 0.416 e. The van der Waals surface area contributed by atoms with Gasteiger partial charge in [-0.1, -0.05) is 31.1 Å². The summed E-state index contributed by atoms with van der Waals surface area (Å²) in [7, 11) is 0. The van der Waals surface area contributed by atoms with E-state index in [4.69, 9.17) is 4.52 Å². The molecule has 0 amide bonds. The molecule has 142 valence electrons. The summed E-state index contributed by atoms with van der Waals surface area (Å²) in [6, 6.07) is 4.99. The maximum absolute atomic E-state index is 12.8. The lowest BCUT2D eigenvalue weighted by atomic mass is 9.92. The molecule has 1 aliphatic heterocycles. The molecule has 0 N–H and O–H groups in total. The Labute approximate surface area is 151 Å². The lowest BCUT2D eigenvalue weighted by Crippen LogP contribution is -2.39. The smallest absolute Gasteiger partial charge is 0.339 e. The van der Waals surface area contributed by atoms with Crippen molar-refractivity contribution in [2.24, 2.45) is 11.8 Å². The Morgan fingerprint density at radius 2 is 1.92 bits per heavy atom. The van der Waals surface area contributed by atoms with Gasteiger partial charge in [-0.15, -0.1) is 0 Å². The number of rotatable bonds is 5. The lowest BCUT2D eigenvalue weighted by Gasteiger charge is -2.34. The third-order valence-corrected chi connectivity index (χ3v) is 4.73. The van der Waals surface area contributed by atoms with Crippen molar-refractivity contribution < 1.29 is 17.7 Å². The molecule has 0 saturated carbocycles. The first-order valence-electron chi connectivity index (χ1n) is 9.04. The van der Waals surface area contributed by atoms with Crippen LogP contribution in [0.25, 0.3) is 11.4 Å². The average Bonchev–Trinajstić information content (AvgIpc) is 3.02. The Morgan fingerprint density at radius 3 is 2.62 bits per heavy atom. The molecule has 0 bridgehead atoms. The highest BCUT2D eigenvalue weighted by atomic mass is 19.4. The molecule has 0 aliphatic carbocycles. The normalized spacial score (nSPS) is 21.9. The number of benzene rings is 1. The first-order valence-corrected chi connectivity index (χ1v) is 9.04. The molecule has 3 rings (SSSR count). The fourth-order valence-corrected chi connectivity index (χ4v) is 3.74. The van der Waals surface area contributed by atoms with Crippen LogP contribution in [0.2, 0.25) is 0 Å². The van der Waals surface area contributed by atoms with Crippen LogP contribution in [0.4, 0.5) is 13.2 Å². The van der Waals surface area contributed by atoms with E-state index in [-0.39, 0.29) is 5.82 Å². The molecule has 2 heterocycles. The van der Waals surface area contributed by atoms with Crippen LogP contribution in [0, 0.1) is 11.8 Å². The van der Waals surface area contributed by atoms with Gasteiger partial charge in [0.15, 0.2) is 0 Å². The van der Waals surface area contributed by atoms with Crippen LogP contribution in [-0.4, -0.2) is 34.7 Å². The highest BCUT2D eigenvalue weighted by Crippen LogP contribution is 2.31. The van der Waals surface area contributed by atoms with E-state index in [2.05, 4.69) is 28.9 Å². The van der Waals surface area contributed by atoms with Gasteiger partial charge in [-0.2, -0.15) is 18.2 Å². The zero-order chi connectivity index (χ0) is 18.7. The van der Waals surface area contributed by atoms with E-state index in [9.17, 15) is 13.2 Å². The van der Waals surface area contributed by atoms with Crippen molar-refractivity contribution in [2.75, 3.05) is 19.6 Å². The third kappa shape index (κ3) is 4.84. The molecule has 1 aliphatic rings. The minimum absolute atomic E-state index is 0.200. The molecule has 0 spiro atoms. The average molecular weight is 367 g/mol. The zero-order valence-electron chi connectivity index (χ0n) is 15.1. The van der Waals surface area contributed by atoms with Crippen molar-refractivity contribution in [3.05, 3.63) is 35.7 Å². The number of hydrogen-bond donors (Lipinski definition) is 0. The molecule has 1 aromatic heterocycles. The molecule has 0 unspecified atom stereocenters. The van der Waals surface area contributed by atoms with Gasteiger partial charge >= 0.3 is 6.18 Å². The molecular formula is C19H24F3N3O. The molecular weight excluding hydrogens is 343 g/mol. The number of aryl methyl sites for hydroxylation is 1. The highest BCUT2D eigenvalue weighted by molar-refractivity contribution is 5.55. The summed E-state index contributed by atoms with van der Waals surface area (Å²) in [6.07, 6.45) is -1.58. The van der Waals surface area contributed by atoms with Gasteiger partial charge in [-0.25, -0.2) is 0 Å². The maximum atomic E-state index is 12.8. The van der Waals surface area contributed by atoms with Gasteiger partial charge in [0.25, 0.3) is 0 Å². The number of alkyl halides is 3. The summed E-state index contributed by atoms with van der Waals surface area (Å²) in [5.74, 6) is 2.10. The predicted octanol–water partition coefficient (Wildman–Crippen LogP) is 4.67. The van der Waals surface area contributed by atoms with Crippen molar-refractivity contribution >= 4 is 0 Å². The minimum Gasteiger partial charge on any atom is -0.339 e. The van der Waals surface area contributed by atoms with Crippen molar-refractivity contribution in [3.63, 3.8) is 0 Å². The predicted molar refractivity (Wildman–Crippen MR) is 92.4 cm³/mol. The van der Waals surface area contributed by atoms with Gasteiger partial charge in [0.2, 0.25) is 11.7 Å². The summed E-state index contributed by atoms with van der Waals surface area (Å²) >= 11 is 0. The van der Waals surface area contributed by atoms with E-state index >= 15 is 0 Å². The van der Waals surface area contributed by atoms with Crippen molar-refractivity contribution in [1.29, 1.82) is 0 Å². The highest BCUT2D eigenvalue weighted by Gasteiger charge is 2.30. The van der Waals surface area contributed by atoms with Crippen LogP contribution in [0.1, 0.15) is 38.1 Å². The van der Waals surface area contributed by atoms with Crippen LogP contribution < -0.4 is 0 Å². The standard InChI is InChI=1S/C19H24F3N3O/c1-13-9-14(2)12-25(11-13)8-4-7-17-23-18(24-26-17)15-5-3-6-16(10-15)19(20,21)22/h3,5-6,10,13-14H,4,7-9,11-12H2,1-2H3/t13-,14-/m0/s1. The molecule has 7 heteroatoms. The third-order valence-electron chi connectivity index (χ3n) is 4.73. The van der Waals surface area contributed by atoms with Crippen LogP contribution >= 0.6 is 0 Å². The molecule has 1 fully saturated rings. The van der Waals surface area contributed by atoms with Crippen LogP contribution in [-0.2, 0) is 12.6 Å². The van der Waals surface area contributed by atoms with Gasteiger partial charge in [0.05, 0.1) is 5.56 Å². The second-order valence-electron chi connectivity index (χ2n) is 7.40. The minimum atomic E-state index is -4.38. The number of hydrogen-bond acceptors (Lipinski definition) is 4. The SMILES string of the molecule is C[C@H]1C[C@H](C)CN(CCCc2nc(-c3cccc(C(F)(F)F)c3)no2)C1. The van der Waals surface area contributed by atoms with Crippen molar-refractivity contribution in [1.82, 2.24) is 15.0 Å². The molecule has 0 radical (unpaired) electrons. The molecule has 26 heavy (non-hydrogen) atoms. The molecule has 2 atom stereocenters. The second kappa shape index (κ2) is 7.78. The second-order valence-corrected chi connectivity index (χ2v) is 7.40. The number of nitrogens with zero attached hydrogens (tertiary/aromatic N) is 3. The Balaban J connectivity index is 1.57. The quantitative estimate of drug-likeness (QED) is 0.770. The van der Waals surface area contributed by atoms with Gasteiger partial charge in [-0.05, 0) is 43.4 Å². The molecule has 1 saturated heterocycles. The Hall–Kier alpha value is -1.89. The Bertz CT molecular complexity index is 719. The number of piperidine rings is 1. The summed E-state index contributed by atoms with van der Waals surface area (Å²) in [6.45, 7) is 7.76. The van der Waals surface area contributed by atoms with Crippen LogP contribution in [0.5, 0.6) is 0 Å². The first kappa shape index (κ1) is 18.9. The van der Waals surface area contributed by atoms with Crippen LogP contribution in [0.15, 0.2) is 28.8 Å². The molecule has 2 aromatic rings. The number of halogens is 3. The van der Waals surface area contributed by atoms with E-state index < -0.39 is 11.7 Å². The van der Waals surface area contributed by atoms with Gasteiger partial charge in [-0.3, -0.25) is 0 Å². The zero-order valence-corrected chi connectivity index (χ0v) is 15.1. The summed E-state index contributed by atoms with van der Waals surface area (Å²) in [5.41, 5.74) is -0.400. The first-order chi connectivity index (χ1) is 12.3. The van der Waals surface area contributed by atoms with E-state index in [1.165, 1.54) is 12.5 Å². The van der Waals surface area contributed by atoms with Gasteiger partial charge in [0, 0.05) is 25.1 Å². The Morgan fingerprint density at radius 1 is 1.19 bits per heavy atom. The van der Waals surface area contributed by atoms with E-state index in [0.29, 0.717) is 17.9 Å². The largest absolute Gasteiger partial charge is 0.416 e. The van der Waals surface area contributed by atoms with Crippen LogP contribution in [0.3, 0.4) is 0 Å². The van der Waals surface area contributed by atoms with E-state index in [1.54, 1.807) is 6.07 Å². The molecule has 1 aromatic carbocycles.